The second-order valence-corrected chi connectivity index (χ2v) is 4.47. The number of rotatable bonds is 1. The van der Waals surface area contributed by atoms with E-state index >= 15 is 0 Å². The van der Waals surface area contributed by atoms with Crippen molar-refractivity contribution in [3.8, 4) is 0 Å². The summed E-state index contributed by atoms with van der Waals surface area (Å²) in [5.74, 6) is 0.762. The number of hydrogen-bond acceptors (Lipinski definition) is 2. The first-order chi connectivity index (χ1) is 7.13. The highest BCUT2D eigenvalue weighted by atomic mass is 16.5. The lowest BCUT2D eigenvalue weighted by Gasteiger charge is -2.19. The number of aromatic nitrogens is 2. The van der Waals surface area contributed by atoms with Crippen molar-refractivity contribution in [3.63, 3.8) is 0 Å². The molecule has 0 atom stereocenters. The van der Waals surface area contributed by atoms with Crippen molar-refractivity contribution >= 4 is 0 Å². The van der Waals surface area contributed by atoms with Crippen molar-refractivity contribution in [3.05, 3.63) is 22.4 Å². The Morgan fingerprint density at radius 1 is 1.27 bits per heavy atom. The van der Waals surface area contributed by atoms with Gasteiger partial charge in [0.05, 0.1) is 5.92 Å². The van der Waals surface area contributed by atoms with Gasteiger partial charge in [-0.15, -0.1) is 0 Å². The Balaban J connectivity index is 2.38. The zero-order valence-electron chi connectivity index (χ0n) is 9.36. The van der Waals surface area contributed by atoms with Crippen molar-refractivity contribution in [2.45, 2.75) is 51.9 Å². The van der Waals surface area contributed by atoms with Gasteiger partial charge in [-0.25, -0.2) is 4.73 Å². The maximum absolute atomic E-state index is 11.8. The molecule has 0 aromatic carbocycles. The molecular formula is C11H18N2O2. The quantitative estimate of drug-likeness (QED) is 0.438. The van der Waals surface area contributed by atoms with Crippen LogP contribution < -0.4 is 4.73 Å². The van der Waals surface area contributed by atoms with E-state index in [1.807, 2.05) is 0 Å². The normalized spacial score (nSPS) is 18.3. The van der Waals surface area contributed by atoms with E-state index in [-0.39, 0.29) is 5.92 Å². The zero-order valence-corrected chi connectivity index (χ0v) is 9.36. The standard InChI is InChI=1S/C11H18N2O2/c1-8-9(2)13(15)11(12(8)14)10-6-4-3-5-7-10/h10,14H,3-7H2,1-2H3. The molecule has 0 spiro atoms. The minimum atomic E-state index is 0.230. The number of imidazole rings is 1. The largest absolute Gasteiger partial charge is 0.710 e. The summed E-state index contributed by atoms with van der Waals surface area (Å²) in [6, 6.07) is 0. The van der Waals surface area contributed by atoms with Crippen molar-refractivity contribution in [2.24, 2.45) is 0 Å². The van der Waals surface area contributed by atoms with Gasteiger partial charge in [-0.05, 0) is 17.6 Å². The molecule has 2 rings (SSSR count). The monoisotopic (exact) mass is 210 g/mol. The Bertz CT molecular complexity index is 340. The molecule has 1 aliphatic rings. The molecule has 1 aliphatic carbocycles. The first-order valence-corrected chi connectivity index (χ1v) is 5.63. The van der Waals surface area contributed by atoms with Crippen LogP contribution in [0.25, 0.3) is 0 Å². The van der Waals surface area contributed by atoms with Crippen molar-refractivity contribution in [1.29, 1.82) is 0 Å². The summed E-state index contributed by atoms with van der Waals surface area (Å²) in [5.41, 5.74) is 1.27. The molecule has 84 valence electrons. The molecule has 4 nitrogen and oxygen atoms in total. The minimum Gasteiger partial charge on any atom is -0.710 e. The van der Waals surface area contributed by atoms with E-state index in [0.29, 0.717) is 17.2 Å². The van der Waals surface area contributed by atoms with E-state index in [2.05, 4.69) is 0 Å². The minimum absolute atomic E-state index is 0.230. The van der Waals surface area contributed by atoms with E-state index in [1.165, 1.54) is 6.42 Å². The van der Waals surface area contributed by atoms with Gasteiger partial charge in [-0.1, -0.05) is 19.3 Å². The van der Waals surface area contributed by atoms with Gasteiger partial charge in [0.1, 0.15) is 5.69 Å². The number of nitrogens with zero attached hydrogens (tertiary/aromatic N) is 2. The van der Waals surface area contributed by atoms with Gasteiger partial charge in [0.25, 0.3) is 0 Å². The summed E-state index contributed by atoms with van der Waals surface area (Å²) in [5, 5.41) is 21.7. The molecule has 0 bridgehead atoms. The summed E-state index contributed by atoms with van der Waals surface area (Å²) in [4.78, 5) is 0. The van der Waals surface area contributed by atoms with E-state index in [0.717, 1.165) is 35.1 Å². The van der Waals surface area contributed by atoms with Gasteiger partial charge in [0, 0.05) is 13.8 Å². The van der Waals surface area contributed by atoms with Gasteiger partial charge in [0.2, 0.25) is 0 Å². The van der Waals surface area contributed by atoms with Gasteiger partial charge in [-0.2, -0.15) is 0 Å². The molecule has 1 aromatic heterocycles. The van der Waals surface area contributed by atoms with E-state index in [1.54, 1.807) is 13.8 Å². The van der Waals surface area contributed by atoms with Crippen LogP contribution in [-0.4, -0.2) is 9.94 Å². The maximum Gasteiger partial charge on any atom is 0.302 e. The summed E-state index contributed by atoms with van der Waals surface area (Å²) in [6.07, 6.45) is 5.61. The first kappa shape index (κ1) is 10.3. The highest BCUT2D eigenvalue weighted by molar-refractivity contribution is 5.08. The van der Waals surface area contributed by atoms with Crippen LogP contribution >= 0.6 is 0 Å². The highest BCUT2D eigenvalue weighted by Crippen LogP contribution is 2.31. The smallest absolute Gasteiger partial charge is 0.302 e. The van der Waals surface area contributed by atoms with Crippen LogP contribution in [0, 0.1) is 19.1 Å². The van der Waals surface area contributed by atoms with Crippen LogP contribution in [0.3, 0.4) is 0 Å². The van der Waals surface area contributed by atoms with Crippen molar-refractivity contribution < 1.29 is 9.94 Å². The fraction of sp³-hybridized carbons (Fsp3) is 0.727. The molecule has 1 heterocycles. The average molecular weight is 210 g/mol. The first-order valence-electron chi connectivity index (χ1n) is 5.63. The van der Waals surface area contributed by atoms with Crippen LogP contribution in [0.5, 0.6) is 0 Å². The Hall–Kier alpha value is -1.19. The molecular weight excluding hydrogens is 192 g/mol. The van der Waals surface area contributed by atoms with Crippen LogP contribution in [0.1, 0.15) is 55.2 Å². The maximum atomic E-state index is 11.8. The second kappa shape index (κ2) is 3.76. The Morgan fingerprint density at radius 3 is 2.33 bits per heavy atom. The van der Waals surface area contributed by atoms with Crippen LogP contribution in [0.2, 0.25) is 0 Å². The van der Waals surface area contributed by atoms with Gasteiger partial charge < -0.3 is 10.4 Å². The molecule has 1 N–H and O–H groups in total. The lowest BCUT2D eigenvalue weighted by molar-refractivity contribution is -0.623. The third kappa shape index (κ3) is 1.58. The fourth-order valence-electron chi connectivity index (χ4n) is 2.43. The Kier molecular flexibility index (Phi) is 2.59. The lowest BCUT2D eigenvalue weighted by atomic mass is 9.89. The average Bonchev–Trinajstić information content (AvgIpc) is 2.45. The van der Waals surface area contributed by atoms with E-state index in [9.17, 15) is 10.4 Å². The van der Waals surface area contributed by atoms with Gasteiger partial charge >= 0.3 is 5.82 Å². The molecule has 15 heavy (non-hydrogen) atoms. The Morgan fingerprint density at radius 2 is 1.87 bits per heavy atom. The summed E-state index contributed by atoms with van der Waals surface area (Å²) in [6.45, 7) is 3.53. The van der Waals surface area contributed by atoms with Gasteiger partial charge in [0.15, 0.2) is 5.69 Å². The second-order valence-electron chi connectivity index (χ2n) is 4.47. The van der Waals surface area contributed by atoms with Crippen LogP contribution in [-0.2, 0) is 0 Å². The molecule has 1 aromatic rings. The predicted octanol–water partition coefficient (Wildman–Crippen LogP) is 2.02. The Labute approximate surface area is 89.7 Å². The van der Waals surface area contributed by atoms with Crippen molar-refractivity contribution in [1.82, 2.24) is 4.73 Å². The summed E-state index contributed by atoms with van der Waals surface area (Å²) < 4.78 is 1.98. The molecule has 1 fully saturated rings. The SMILES string of the molecule is Cc1c(C)[n+]([O-])c(C2CCCCC2)n1O. The fourth-order valence-corrected chi connectivity index (χ4v) is 2.43. The molecule has 0 radical (unpaired) electrons. The topological polar surface area (TPSA) is 52.1 Å². The zero-order chi connectivity index (χ0) is 11.0. The molecule has 0 saturated heterocycles. The molecule has 4 heteroatoms. The molecule has 1 saturated carbocycles. The molecule has 0 unspecified atom stereocenters. The molecule has 0 aliphatic heterocycles. The third-order valence-corrected chi connectivity index (χ3v) is 3.54. The predicted molar refractivity (Wildman–Crippen MR) is 55.9 cm³/mol. The number of hydrogen-bond donors (Lipinski definition) is 1. The van der Waals surface area contributed by atoms with Crippen molar-refractivity contribution in [2.75, 3.05) is 0 Å². The summed E-state index contributed by atoms with van der Waals surface area (Å²) in [7, 11) is 0. The van der Waals surface area contributed by atoms with Gasteiger partial charge in [-0.3, -0.25) is 0 Å². The van der Waals surface area contributed by atoms with E-state index in [4.69, 9.17) is 0 Å². The summed E-state index contributed by atoms with van der Waals surface area (Å²) >= 11 is 0. The molecule has 0 amide bonds. The highest BCUT2D eigenvalue weighted by Gasteiger charge is 2.30. The lowest BCUT2D eigenvalue weighted by Crippen LogP contribution is -2.35. The van der Waals surface area contributed by atoms with Crippen LogP contribution in [0.4, 0.5) is 0 Å². The van der Waals surface area contributed by atoms with E-state index < -0.39 is 0 Å². The van der Waals surface area contributed by atoms with Crippen LogP contribution in [0.15, 0.2) is 0 Å². The third-order valence-electron chi connectivity index (χ3n) is 3.54.